The number of aryl methyl sites for hydroxylation is 1. The molecule has 0 aromatic heterocycles. The predicted octanol–water partition coefficient (Wildman–Crippen LogP) is 6.50. The fourth-order valence-electron chi connectivity index (χ4n) is 8.17. The van der Waals surface area contributed by atoms with Gasteiger partial charge in [0.2, 0.25) is 0 Å². The van der Waals surface area contributed by atoms with Crippen LogP contribution in [-0.2, 0) is 16.0 Å². The van der Waals surface area contributed by atoms with Gasteiger partial charge in [-0.05, 0) is 104 Å². The predicted molar refractivity (Wildman–Crippen MR) is 124 cm³/mol. The largest absolute Gasteiger partial charge is 0.300 e. The lowest BCUT2D eigenvalue weighted by atomic mass is 9.47. The zero-order valence-electron chi connectivity index (χ0n) is 19.1. The summed E-state index contributed by atoms with van der Waals surface area (Å²) in [5, 5.41) is 0. The highest BCUT2D eigenvalue weighted by atomic mass is 16.1. The molecule has 0 amide bonds. The van der Waals surface area contributed by atoms with E-state index in [9.17, 15) is 9.59 Å². The number of rotatable bonds is 5. The molecular formula is C29H36O2. The summed E-state index contributed by atoms with van der Waals surface area (Å²) < 4.78 is 0. The lowest BCUT2D eigenvalue weighted by Gasteiger charge is -2.57. The van der Waals surface area contributed by atoms with Crippen molar-refractivity contribution in [2.24, 2.45) is 34.5 Å². The van der Waals surface area contributed by atoms with E-state index in [1.165, 1.54) is 43.2 Å². The van der Waals surface area contributed by atoms with Crippen LogP contribution in [0, 0.1) is 34.5 Å². The summed E-state index contributed by atoms with van der Waals surface area (Å²) in [5.74, 6) is 2.73. The summed E-state index contributed by atoms with van der Waals surface area (Å²) in [6.07, 6.45) is 16.4. The first-order valence-corrected chi connectivity index (χ1v) is 12.4. The topological polar surface area (TPSA) is 34.1 Å². The minimum atomic E-state index is 0.137. The lowest BCUT2D eigenvalue weighted by Crippen LogP contribution is -2.50. The molecule has 0 aliphatic heterocycles. The van der Waals surface area contributed by atoms with E-state index >= 15 is 0 Å². The number of carbonyl (C=O) groups is 2. The molecule has 6 atom stereocenters. The Hall–Kier alpha value is -1.96. The van der Waals surface area contributed by atoms with E-state index in [1.807, 2.05) is 13.0 Å². The van der Waals surface area contributed by atoms with Gasteiger partial charge < -0.3 is 0 Å². The third kappa shape index (κ3) is 3.38. The zero-order chi connectivity index (χ0) is 21.6. The standard InChI is InChI=1S/C29H36O2/c1-20(30)25-12-13-27-24-11-10-22-19-23(31)14-17-28(22,2)26(24)15-18-29(25,27)16-6-9-21-7-4-3-5-8-21/h3-5,7-8,10-11,19,24-27H,6,9,12-18H2,1-2H3/t24-,25-,26-,27+,28-,29-/m1/s1. The van der Waals surface area contributed by atoms with E-state index in [-0.39, 0.29) is 16.7 Å². The van der Waals surface area contributed by atoms with Gasteiger partial charge in [0.15, 0.2) is 5.78 Å². The molecule has 31 heavy (non-hydrogen) atoms. The fraction of sp³-hybridized carbons (Fsp3) is 0.586. The first kappa shape index (κ1) is 20.9. The quantitative estimate of drug-likeness (QED) is 0.549. The Labute approximate surface area is 187 Å². The monoisotopic (exact) mass is 416 g/mol. The highest BCUT2D eigenvalue weighted by Gasteiger charge is 2.60. The molecule has 0 radical (unpaired) electrons. The van der Waals surface area contributed by atoms with Crippen molar-refractivity contribution < 1.29 is 9.59 Å². The van der Waals surface area contributed by atoms with Crippen LogP contribution < -0.4 is 0 Å². The van der Waals surface area contributed by atoms with Gasteiger partial charge in [-0.15, -0.1) is 0 Å². The van der Waals surface area contributed by atoms with E-state index in [1.54, 1.807) is 0 Å². The van der Waals surface area contributed by atoms with Crippen LogP contribution in [0.5, 0.6) is 0 Å². The Morgan fingerprint density at radius 3 is 2.65 bits per heavy atom. The maximum absolute atomic E-state index is 12.8. The molecule has 5 rings (SSSR count). The van der Waals surface area contributed by atoms with E-state index in [0.29, 0.717) is 35.7 Å². The summed E-state index contributed by atoms with van der Waals surface area (Å²) in [6.45, 7) is 4.25. The highest BCUT2D eigenvalue weighted by molar-refractivity contribution is 5.92. The second-order valence-electron chi connectivity index (χ2n) is 11.0. The number of hydrogen-bond donors (Lipinski definition) is 0. The third-order valence-corrected chi connectivity index (χ3v) is 9.67. The molecule has 2 fully saturated rings. The molecule has 0 bridgehead atoms. The first-order chi connectivity index (χ1) is 14.9. The summed E-state index contributed by atoms with van der Waals surface area (Å²) in [7, 11) is 0. The second-order valence-corrected chi connectivity index (χ2v) is 11.0. The average Bonchev–Trinajstić information content (AvgIpc) is 3.15. The number of hydrogen-bond acceptors (Lipinski definition) is 2. The molecule has 0 spiro atoms. The smallest absolute Gasteiger partial charge is 0.156 e. The van der Waals surface area contributed by atoms with Crippen molar-refractivity contribution in [1.29, 1.82) is 0 Å². The minimum absolute atomic E-state index is 0.137. The van der Waals surface area contributed by atoms with Gasteiger partial charge in [-0.1, -0.05) is 49.4 Å². The molecule has 2 heteroatoms. The van der Waals surface area contributed by atoms with Crippen molar-refractivity contribution in [3.05, 3.63) is 59.7 Å². The Bertz CT molecular complexity index is 925. The zero-order valence-corrected chi connectivity index (χ0v) is 19.1. The van der Waals surface area contributed by atoms with Gasteiger partial charge in [-0.3, -0.25) is 9.59 Å². The molecule has 0 unspecified atom stereocenters. The van der Waals surface area contributed by atoms with Gasteiger partial charge in [-0.2, -0.15) is 0 Å². The van der Waals surface area contributed by atoms with Crippen LogP contribution in [0.1, 0.15) is 70.8 Å². The van der Waals surface area contributed by atoms with Crippen LogP contribution in [0.15, 0.2) is 54.1 Å². The molecule has 2 saturated carbocycles. The van der Waals surface area contributed by atoms with E-state index in [4.69, 9.17) is 0 Å². The Balaban J connectivity index is 1.43. The van der Waals surface area contributed by atoms with Crippen LogP contribution in [0.3, 0.4) is 0 Å². The molecule has 2 nitrogen and oxygen atoms in total. The van der Waals surface area contributed by atoms with E-state index in [0.717, 1.165) is 19.3 Å². The summed E-state index contributed by atoms with van der Waals surface area (Å²) in [5.41, 5.74) is 2.99. The molecule has 0 N–H and O–H groups in total. The number of allylic oxidation sites excluding steroid dienone is 4. The molecule has 4 aliphatic rings. The first-order valence-electron chi connectivity index (χ1n) is 12.4. The van der Waals surface area contributed by atoms with E-state index in [2.05, 4.69) is 49.4 Å². The Morgan fingerprint density at radius 1 is 1.06 bits per heavy atom. The maximum Gasteiger partial charge on any atom is 0.156 e. The van der Waals surface area contributed by atoms with Crippen molar-refractivity contribution in [1.82, 2.24) is 0 Å². The fourth-order valence-corrected chi connectivity index (χ4v) is 8.17. The van der Waals surface area contributed by atoms with Crippen LogP contribution in [0.4, 0.5) is 0 Å². The van der Waals surface area contributed by atoms with Crippen LogP contribution >= 0.6 is 0 Å². The van der Waals surface area contributed by atoms with E-state index < -0.39 is 0 Å². The normalized spacial score (nSPS) is 38.8. The number of carbonyl (C=O) groups excluding carboxylic acids is 2. The highest BCUT2D eigenvalue weighted by Crippen LogP contribution is 2.66. The van der Waals surface area contributed by atoms with Crippen molar-refractivity contribution in [3.8, 4) is 0 Å². The summed E-state index contributed by atoms with van der Waals surface area (Å²) in [4.78, 5) is 24.8. The molecule has 164 valence electrons. The average molecular weight is 417 g/mol. The summed E-state index contributed by atoms with van der Waals surface area (Å²) >= 11 is 0. The van der Waals surface area contributed by atoms with Gasteiger partial charge in [0.05, 0.1) is 0 Å². The number of ketones is 2. The molecular weight excluding hydrogens is 380 g/mol. The SMILES string of the molecule is CC(=O)[C@H]1CC[C@H]2[C@@H]3C=CC4=CC(=O)CC[C@@]4(C)[C@@H]3CC[C@]12CCCc1ccccc1. The summed E-state index contributed by atoms with van der Waals surface area (Å²) in [6, 6.07) is 10.8. The lowest BCUT2D eigenvalue weighted by molar-refractivity contribution is -0.128. The van der Waals surface area contributed by atoms with Crippen LogP contribution in [0.25, 0.3) is 0 Å². The van der Waals surface area contributed by atoms with Gasteiger partial charge in [0.25, 0.3) is 0 Å². The van der Waals surface area contributed by atoms with Crippen molar-refractivity contribution in [2.45, 2.75) is 71.6 Å². The van der Waals surface area contributed by atoms with Crippen molar-refractivity contribution in [3.63, 3.8) is 0 Å². The van der Waals surface area contributed by atoms with Gasteiger partial charge >= 0.3 is 0 Å². The number of Topliss-reactive ketones (excluding diaryl/α,β-unsaturated/α-hetero) is 1. The Kier molecular flexibility index (Phi) is 5.31. The third-order valence-electron chi connectivity index (χ3n) is 9.67. The Morgan fingerprint density at radius 2 is 1.87 bits per heavy atom. The maximum atomic E-state index is 12.8. The number of benzene rings is 1. The van der Waals surface area contributed by atoms with Gasteiger partial charge in [0, 0.05) is 12.3 Å². The van der Waals surface area contributed by atoms with Crippen LogP contribution in [0.2, 0.25) is 0 Å². The van der Waals surface area contributed by atoms with Gasteiger partial charge in [0.1, 0.15) is 5.78 Å². The molecule has 0 heterocycles. The molecule has 1 aromatic carbocycles. The number of fused-ring (bicyclic) bond motifs is 5. The van der Waals surface area contributed by atoms with Gasteiger partial charge in [-0.25, -0.2) is 0 Å². The second kappa shape index (κ2) is 7.87. The van der Waals surface area contributed by atoms with Crippen molar-refractivity contribution >= 4 is 11.6 Å². The minimum Gasteiger partial charge on any atom is -0.300 e. The molecule has 1 aromatic rings. The van der Waals surface area contributed by atoms with Crippen molar-refractivity contribution in [2.75, 3.05) is 0 Å². The molecule has 4 aliphatic carbocycles. The van der Waals surface area contributed by atoms with Crippen LogP contribution in [-0.4, -0.2) is 11.6 Å². The molecule has 0 saturated heterocycles.